The highest BCUT2D eigenvalue weighted by atomic mass is 32.1. The van der Waals surface area contributed by atoms with Gasteiger partial charge in [-0.1, -0.05) is 17.3 Å². The fourth-order valence-corrected chi connectivity index (χ4v) is 4.84. The summed E-state index contributed by atoms with van der Waals surface area (Å²) in [4.78, 5) is 24.9. The third-order valence-corrected chi connectivity index (χ3v) is 6.84. The van der Waals surface area contributed by atoms with Gasteiger partial charge in [0.25, 0.3) is 0 Å². The molecule has 2 atom stereocenters. The number of urea groups is 1. The van der Waals surface area contributed by atoms with Crippen molar-refractivity contribution in [1.82, 2.24) is 14.9 Å². The number of aliphatic hydroxyl groups excluding tert-OH is 2. The lowest BCUT2D eigenvalue weighted by Gasteiger charge is -2.39. The number of piperazine rings is 1. The summed E-state index contributed by atoms with van der Waals surface area (Å²) in [5, 5.41) is 21.9. The molecular weight excluding hydrogens is 457 g/mol. The number of fused-ring (bicyclic) bond motifs is 1. The molecule has 4 rings (SSSR count). The maximum Gasteiger partial charge on any atom is 0.324 e. The van der Waals surface area contributed by atoms with E-state index in [-0.39, 0.29) is 31.4 Å². The molecule has 1 aromatic carbocycles. The van der Waals surface area contributed by atoms with Crippen LogP contribution in [0.2, 0.25) is 0 Å². The molecule has 0 unspecified atom stereocenters. The van der Waals surface area contributed by atoms with E-state index < -0.39 is 24.6 Å². The number of aromatic nitrogens is 2. The van der Waals surface area contributed by atoms with Crippen LogP contribution in [0.4, 0.5) is 20.1 Å². The highest BCUT2D eigenvalue weighted by Crippen LogP contribution is 2.29. The molecule has 2 aromatic heterocycles. The van der Waals surface area contributed by atoms with Crippen molar-refractivity contribution < 1.29 is 19.4 Å². The zero-order valence-electron chi connectivity index (χ0n) is 19.0. The van der Waals surface area contributed by atoms with E-state index in [2.05, 4.69) is 27.3 Å². The van der Waals surface area contributed by atoms with E-state index in [9.17, 15) is 14.3 Å². The van der Waals surface area contributed by atoms with Gasteiger partial charge in [-0.2, -0.15) is 0 Å². The van der Waals surface area contributed by atoms with Crippen molar-refractivity contribution in [2.75, 3.05) is 36.5 Å². The number of benzene rings is 1. The molecule has 0 spiro atoms. The third kappa shape index (κ3) is 4.97. The number of carbonyl (C=O) groups is 1. The van der Waals surface area contributed by atoms with Crippen LogP contribution in [-0.2, 0) is 6.42 Å². The number of nitrogens with zero attached hydrogens (tertiary/aromatic N) is 4. The Bertz CT molecular complexity index is 1220. The minimum Gasteiger partial charge on any atom is -0.394 e. The zero-order valence-corrected chi connectivity index (χ0v) is 19.8. The number of thiazole rings is 1. The molecule has 3 heterocycles. The van der Waals surface area contributed by atoms with Crippen LogP contribution in [0.3, 0.4) is 0 Å². The van der Waals surface area contributed by atoms with E-state index in [1.165, 1.54) is 23.6 Å². The molecule has 10 heteroatoms. The van der Waals surface area contributed by atoms with Gasteiger partial charge in [-0.3, -0.25) is 5.32 Å². The highest BCUT2D eigenvalue weighted by molar-refractivity contribution is 7.22. The summed E-state index contributed by atoms with van der Waals surface area (Å²) in [6.07, 6.45) is 6.32. The van der Waals surface area contributed by atoms with Crippen molar-refractivity contribution in [3.63, 3.8) is 0 Å². The number of hydrogen-bond acceptors (Lipinski definition) is 7. The number of aliphatic hydroxyl groups is 2. The van der Waals surface area contributed by atoms with Crippen LogP contribution < -0.4 is 10.2 Å². The zero-order chi connectivity index (χ0) is 24.4. The predicted octanol–water partition coefficient (Wildman–Crippen LogP) is 2.70. The van der Waals surface area contributed by atoms with Crippen molar-refractivity contribution in [1.29, 1.82) is 0 Å². The molecule has 1 fully saturated rings. The molecule has 3 aromatic rings. The Morgan fingerprint density at radius 1 is 1.35 bits per heavy atom. The lowest BCUT2D eigenvalue weighted by Crippen LogP contribution is -2.56. The van der Waals surface area contributed by atoms with Crippen LogP contribution in [0.5, 0.6) is 0 Å². The maximum atomic E-state index is 14.7. The Labute approximate surface area is 201 Å². The average Bonchev–Trinajstić information content (AvgIpc) is 3.19. The lowest BCUT2D eigenvalue weighted by atomic mass is 10.1. The van der Waals surface area contributed by atoms with Crippen LogP contribution in [0.25, 0.3) is 10.2 Å². The normalized spacial score (nSPS) is 17.0. The Morgan fingerprint density at radius 2 is 2.12 bits per heavy atom. The van der Waals surface area contributed by atoms with Crippen LogP contribution >= 0.6 is 11.3 Å². The van der Waals surface area contributed by atoms with Gasteiger partial charge < -0.3 is 20.0 Å². The number of anilines is 2. The monoisotopic (exact) mass is 483 g/mol. The van der Waals surface area contributed by atoms with Crippen LogP contribution in [0.1, 0.15) is 16.7 Å². The molecule has 1 saturated heterocycles. The Morgan fingerprint density at radius 3 is 2.82 bits per heavy atom. The van der Waals surface area contributed by atoms with Gasteiger partial charge in [-0.05, 0) is 48.7 Å². The van der Waals surface area contributed by atoms with E-state index >= 15 is 0 Å². The summed E-state index contributed by atoms with van der Waals surface area (Å²) < 4.78 is 15.7. The molecule has 8 nitrogen and oxygen atoms in total. The smallest absolute Gasteiger partial charge is 0.324 e. The Hall–Kier alpha value is -3.26. The second-order valence-electron chi connectivity index (χ2n) is 8.36. The molecule has 0 radical (unpaired) electrons. The van der Waals surface area contributed by atoms with Crippen molar-refractivity contribution in [2.24, 2.45) is 0 Å². The number of rotatable bonds is 5. The Balaban J connectivity index is 1.44. The summed E-state index contributed by atoms with van der Waals surface area (Å²) >= 11 is 1.40. The number of aryl methyl sites for hydroxylation is 2. The van der Waals surface area contributed by atoms with Gasteiger partial charge in [0.1, 0.15) is 6.04 Å². The van der Waals surface area contributed by atoms with Gasteiger partial charge in [0.2, 0.25) is 0 Å². The van der Waals surface area contributed by atoms with Crippen LogP contribution in [0.15, 0.2) is 24.4 Å². The second-order valence-corrected chi connectivity index (χ2v) is 9.40. The summed E-state index contributed by atoms with van der Waals surface area (Å²) in [6, 6.07) is 4.42. The largest absolute Gasteiger partial charge is 0.394 e. The lowest BCUT2D eigenvalue weighted by molar-refractivity contribution is 0.0954. The van der Waals surface area contributed by atoms with Gasteiger partial charge in [0, 0.05) is 25.7 Å². The highest BCUT2D eigenvalue weighted by Gasteiger charge is 2.31. The quantitative estimate of drug-likeness (QED) is 0.483. The Kier molecular flexibility index (Phi) is 6.97. The maximum absolute atomic E-state index is 14.7. The first-order valence-electron chi connectivity index (χ1n) is 10.9. The standard InChI is InChI=1S/C24H26FN5O3S/c1-4-17-12-29(22-19(25)10-16(11-26-22)9-18(32)13-31)5-6-30(17)24(33)28-23-27-20-7-14(2)15(3)8-21(20)34-23/h1,7-8,10-11,17-18,31-32H,5-6,9,12-13H2,2-3H3,(H,27,28,33)/t17-,18+/m0/s1. The van der Waals surface area contributed by atoms with Crippen LogP contribution in [-0.4, -0.2) is 69.5 Å². The fourth-order valence-electron chi connectivity index (χ4n) is 3.91. The molecule has 0 saturated carbocycles. The first kappa shape index (κ1) is 23.9. The van der Waals surface area contributed by atoms with Gasteiger partial charge in [-0.25, -0.2) is 19.2 Å². The number of carbonyl (C=O) groups excluding carboxylic acids is 1. The van der Waals surface area contributed by atoms with Gasteiger partial charge >= 0.3 is 6.03 Å². The molecule has 178 valence electrons. The summed E-state index contributed by atoms with van der Waals surface area (Å²) in [6.45, 7) is 4.51. The van der Waals surface area contributed by atoms with Crippen molar-refractivity contribution in [2.45, 2.75) is 32.4 Å². The minimum atomic E-state index is -0.969. The number of nitrogens with one attached hydrogen (secondary N) is 1. The van der Waals surface area contributed by atoms with Gasteiger partial charge in [-0.15, -0.1) is 6.42 Å². The van der Waals surface area contributed by atoms with E-state index in [1.807, 2.05) is 19.9 Å². The topological polar surface area (TPSA) is 102 Å². The SMILES string of the molecule is C#C[C@H]1CN(c2ncc(C[C@@H](O)CO)cc2F)CCN1C(=O)Nc1nc2cc(C)c(C)cc2s1. The molecular formula is C24H26FN5O3S. The molecule has 34 heavy (non-hydrogen) atoms. The van der Waals surface area contributed by atoms with E-state index in [4.69, 9.17) is 11.5 Å². The molecule has 0 aliphatic carbocycles. The summed E-state index contributed by atoms with van der Waals surface area (Å²) in [5.74, 6) is 2.22. The van der Waals surface area contributed by atoms with E-state index in [1.54, 1.807) is 9.80 Å². The first-order chi connectivity index (χ1) is 16.3. The van der Waals surface area contributed by atoms with Crippen molar-refractivity contribution in [3.8, 4) is 12.3 Å². The van der Waals surface area contributed by atoms with E-state index in [0.29, 0.717) is 17.2 Å². The number of hydrogen-bond donors (Lipinski definition) is 3. The minimum absolute atomic E-state index is 0.104. The third-order valence-electron chi connectivity index (χ3n) is 5.91. The predicted molar refractivity (Wildman–Crippen MR) is 131 cm³/mol. The molecule has 2 amide bonds. The molecule has 1 aliphatic rings. The van der Waals surface area contributed by atoms with Crippen LogP contribution in [0, 0.1) is 32.0 Å². The molecule has 1 aliphatic heterocycles. The van der Waals surface area contributed by atoms with E-state index in [0.717, 1.165) is 21.3 Å². The molecule has 0 bridgehead atoms. The number of pyridine rings is 1. The number of terminal acetylenes is 1. The first-order valence-corrected chi connectivity index (χ1v) is 11.7. The second kappa shape index (κ2) is 9.93. The summed E-state index contributed by atoms with van der Waals surface area (Å²) in [5.41, 5.74) is 3.61. The van der Waals surface area contributed by atoms with Gasteiger partial charge in [0.05, 0.1) is 29.5 Å². The number of amides is 2. The average molecular weight is 484 g/mol. The van der Waals surface area contributed by atoms with Crippen molar-refractivity contribution >= 4 is 38.5 Å². The number of halogens is 1. The fraction of sp³-hybridized carbons (Fsp3) is 0.375. The van der Waals surface area contributed by atoms with Crippen molar-refractivity contribution in [3.05, 3.63) is 46.9 Å². The van der Waals surface area contributed by atoms with Gasteiger partial charge in [0.15, 0.2) is 16.8 Å². The summed E-state index contributed by atoms with van der Waals surface area (Å²) in [7, 11) is 0. The molecule has 3 N–H and O–H groups in total.